The highest BCUT2D eigenvalue weighted by Gasteiger charge is 2.32. The molecule has 1 aromatic carbocycles. The highest BCUT2D eigenvalue weighted by Crippen LogP contribution is 2.35. The van der Waals surface area contributed by atoms with Gasteiger partial charge < -0.3 is 5.73 Å². The molecule has 7 heteroatoms. The summed E-state index contributed by atoms with van der Waals surface area (Å²) < 4.78 is 40.0. The molecular weight excluding hydrogens is 269 g/mol. The first-order valence-corrected chi connectivity index (χ1v) is 6.33. The van der Waals surface area contributed by atoms with E-state index in [1.807, 2.05) is 0 Å². The lowest BCUT2D eigenvalue weighted by Gasteiger charge is -2.24. The van der Waals surface area contributed by atoms with Gasteiger partial charge in [0.05, 0.1) is 17.3 Å². The predicted molar refractivity (Wildman–Crippen MR) is 67.0 cm³/mol. The number of anilines is 1. The van der Waals surface area contributed by atoms with Crippen LogP contribution in [0, 0.1) is 0 Å². The van der Waals surface area contributed by atoms with Crippen molar-refractivity contribution in [2.45, 2.75) is 31.5 Å². The number of fused-ring (bicyclic) bond motifs is 1. The number of halogens is 3. The zero-order valence-electron chi connectivity index (χ0n) is 10.6. The van der Waals surface area contributed by atoms with Crippen LogP contribution in [0.1, 0.15) is 35.7 Å². The summed E-state index contributed by atoms with van der Waals surface area (Å²) in [4.78, 5) is 0. The maximum Gasteiger partial charge on any atom is 0.416 e. The minimum absolute atomic E-state index is 0.231. The van der Waals surface area contributed by atoms with Crippen molar-refractivity contribution in [2.75, 3.05) is 5.73 Å². The van der Waals surface area contributed by atoms with Gasteiger partial charge in [-0.3, -0.25) is 0 Å². The summed E-state index contributed by atoms with van der Waals surface area (Å²) >= 11 is 0. The quantitative estimate of drug-likeness (QED) is 0.875. The van der Waals surface area contributed by atoms with Gasteiger partial charge in [0.15, 0.2) is 5.82 Å². The molecule has 3 rings (SSSR count). The van der Waals surface area contributed by atoms with Gasteiger partial charge in [-0.2, -0.15) is 13.2 Å². The molecule has 0 saturated heterocycles. The van der Waals surface area contributed by atoms with E-state index in [1.54, 1.807) is 10.7 Å². The van der Waals surface area contributed by atoms with Gasteiger partial charge in [-0.15, -0.1) is 5.10 Å². The fraction of sp³-hybridized carbons (Fsp3) is 0.385. The summed E-state index contributed by atoms with van der Waals surface area (Å²) in [6.45, 7) is 0. The molecule has 0 spiro atoms. The first-order valence-electron chi connectivity index (χ1n) is 6.33. The van der Waals surface area contributed by atoms with Gasteiger partial charge in [-0.1, -0.05) is 17.3 Å². The third-order valence-electron chi connectivity index (χ3n) is 3.61. The van der Waals surface area contributed by atoms with Crippen LogP contribution < -0.4 is 5.73 Å². The smallest absolute Gasteiger partial charge is 0.381 e. The maximum absolute atomic E-state index is 12.8. The molecule has 4 nitrogen and oxygen atoms in total. The van der Waals surface area contributed by atoms with E-state index < -0.39 is 11.7 Å². The molecule has 0 amide bonds. The van der Waals surface area contributed by atoms with Crippen molar-refractivity contribution < 1.29 is 13.2 Å². The van der Waals surface area contributed by atoms with E-state index in [-0.39, 0.29) is 6.04 Å². The number of nitrogens with two attached hydrogens (primary N) is 1. The summed E-state index contributed by atoms with van der Waals surface area (Å²) in [7, 11) is 0. The van der Waals surface area contributed by atoms with Crippen LogP contribution in [-0.2, 0) is 12.6 Å². The van der Waals surface area contributed by atoms with Crippen LogP contribution in [0.25, 0.3) is 0 Å². The molecule has 0 fully saturated rings. The fourth-order valence-electron chi connectivity index (χ4n) is 2.63. The second kappa shape index (κ2) is 4.50. The van der Waals surface area contributed by atoms with E-state index in [1.165, 1.54) is 12.1 Å². The Hall–Kier alpha value is -2.05. The normalized spacial score (nSPS) is 18.9. The summed E-state index contributed by atoms with van der Waals surface area (Å²) in [6.07, 6.45) is -1.99. The molecule has 0 bridgehead atoms. The van der Waals surface area contributed by atoms with Gasteiger partial charge in [-0.25, -0.2) is 4.68 Å². The van der Waals surface area contributed by atoms with Gasteiger partial charge in [-0.05, 0) is 37.0 Å². The van der Waals surface area contributed by atoms with Gasteiger partial charge in [0, 0.05) is 0 Å². The van der Waals surface area contributed by atoms with E-state index >= 15 is 0 Å². The minimum atomic E-state index is -4.34. The van der Waals surface area contributed by atoms with E-state index in [0.29, 0.717) is 11.4 Å². The van der Waals surface area contributed by atoms with E-state index in [9.17, 15) is 13.2 Å². The van der Waals surface area contributed by atoms with Gasteiger partial charge in [0.2, 0.25) is 0 Å². The number of hydrogen-bond donors (Lipinski definition) is 1. The van der Waals surface area contributed by atoms with Crippen LogP contribution in [0.2, 0.25) is 0 Å². The van der Waals surface area contributed by atoms with Crippen molar-refractivity contribution in [3.05, 3.63) is 41.1 Å². The standard InChI is InChI=1S/C13H13F3N4/c14-13(15,16)9-4-1-3-8(7-9)10-5-2-6-11-12(17)18-19-20(10)11/h1,3-4,7,10H,2,5-6,17H2. The Morgan fingerprint density at radius 2 is 2.10 bits per heavy atom. The van der Waals surface area contributed by atoms with E-state index in [2.05, 4.69) is 10.3 Å². The van der Waals surface area contributed by atoms with Gasteiger partial charge >= 0.3 is 6.18 Å². The molecule has 0 saturated carbocycles. The van der Waals surface area contributed by atoms with Crippen LogP contribution in [0.5, 0.6) is 0 Å². The predicted octanol–water partition coefficient (Wildman–Crippen LogP) is 2.80. The number of benzene rings is 1. The molecule has 1 aliphatic rings. The second-order valence-corrected chi connectivity index (χ2v) is 4.90. The number of alkyl halides is 3. The van der Waals surface area contributed by atoms with Crippen molar-refractivity contribution in [3.63, 3.8) is 0 Å². The highest BCUT2D eigenvalue weighted by atomic mass is 19.4. The lowest BCUT2D eigenvalue weighted by molar-refractivity contribution is -0.137. The molecule has 1 aromatic heterocycles. The molecule has 2 aromatic rings. The number of rotatable bonds is 1. The molecule has 2 heterocycles. The Labute approximate surface area is 113 Å². The fourth-order valence-corrected chi connectivity index (χ4v) is 2.63. The average Bonchev–Trinajstić information content (AvgIpc) is 2.80. The van der Waals surface area contributed by atoms with Crippen molar-refractivity contribution in [3.8, 4) is 0 Å². The summed E-state index contributed by atoms with van der Waals surface area (Å²) in [6, 6.07) is 5.13. The van der Waals surface area contributed by atoms with Crippen LogP contribution in [-0.4, -0.2) is 15.0 Å². The highest BCUT2D eigenvalue weighted by molar-refractivity contribution is 5.36. The monoisotopic (exact) mass is 282 g/mol. The molecule has 1 aliphatic heterocycles. The zero-order valence-corrected chi connectivity index (χ0v) is 10.6. The van der Waals surface area contributed by atoms with Gasteiger partial charge in [0.25, 0.3) is 0 Å². The summed E-state index contributed by atoms with van der Waals surface area (Å²) in [5.41, 5.74) is 6.48. The molecule has 20 heavy (non-hydrogen) atoms. The molecule has 106 valence electrons. The maximum atomic E-state index is 12.8. The molecule has 0 radical (unpaired) electrons. The number of nitrogens with zero attached hydrogens (tertiary/aromatic N) is 3. The van der Waals surface area contributed by atoms with E-state index in [0.717, 1.165) is 31.0 Å². The Bertz CT molecular complexity index is 633. The summed E-state index contributed by atoms with van der Waals surface area (Å²) in [5, 5.41) is 7.78. The minimum Gasteiger partial charge on any atom is -0.381 e. The topological polar surface area (TPSA) is 56.7 Å². The average molecular weight is 282 g/mol. The van der Waals surface area contributed by atoms with E-state index in [4.69, 9.17) is 5.73 Å². The van der Waals surface area contributed by atoms with Crippen molar-refractivity contribution >= 4 is 5.82 Å². The molecule has 1 unspecified atom stereocenters. The SMILES string of the molecule is Nc1nnn2c1CCCC2c1cccc(C(F)(F)F)c1. The lowest BCUT2D eigenvalue weighted by Crippen LogP contribution is -2.21. The van der Waals surface area contributed by atoms with Crippen LogP contribution in [0.3, 0.4) is 0 Å². The number of nitrogen functional groups attached to an aromatic ring is 1. The third kappa shape index (κ3) is 2.13. The van der Waals surface area contributed by atoms with Crippen molar-refractivity contribution in [1.82, 2.24) is 15.0 Å². The summed E-state index contributed by atoms with van der Waals surface area (Å²) in [5.74, 6) is 0.363. The Morgan fingerprint density at radius 1 is 1.30 bits per heavy atom. The van der Waals surface area contributed by atoms with Crippen LogP contribution in [0.4, 0.5) is 19.0 Å². The van der Waals surface area contributed by atoms with Crippen LogP contribution in [0.15, 0.2) is 24.3 Å². The third-order valence-corrected chi connectivity index (χ3v) is 3.61. The first kappa shape index (κ1) is 13.0. The molecule has 0 aliphatic carbocycles. The van der Waals surface area contributed by atoms with Crippen LogP contribution >= 0.6 is 0 Å². The van der Waals surface area contributed by atoms with Crippen molar-refractivity contribution in [1.29, 1.82) is 0 Å². The number of hydrogen-bond acceptors (Lipinski definition) is 3. The largest absolute Gasteiger partial charge is 0.416 e. The molecule has 1 atom stereocenters. The first-order chi connectivity index (χ1) is 9.47. The Morgan fingerprint density at radius 3 is 2.85 bits per heavy atom. The molecular formula is C13H13F3N4. The number of aromatic nitrogens is 3. The zero-order chi connectivity index (χ0) is 14.3. The Kier molecular flexibility index (Phi) is 2.92. The van der Waals surface area contributed by atoms with Crippen molar-refractivity contribution in [2.24, 2.45) is 0 Å². The lowest BCUT2D eigenvalue weighted by atomic mass is 9.95. The molecule has 2 N–H and O–H groups in total. The van der Waals surface area contributed by atoms with Gasteiger partial charge in [0.1, 0.15) is 0 Å². The Balaban J connectivity index is 2.02. The second-order valence-electron chi connectivity index (χ2n) is 4.90.